The van der Waals surface area contributed by atoms with Crippen molar-refractivity contribution in [2.75, 3.05) is 17.5 Å². The molecule has 0 spiro atoms. The minimum Gasteiger partial charge on any atom is -0.497 e. The predicted octanol–water partition coefficient (Wildman–Crippen LogP) is 4.16. The van der Waals surface area contributed by atoms with Crippen LogP contribution in [0.2, 0.25) is 0 Å². The summed E-state index contributed by atoms with van der Waals surface area (Å²) >= 11 is 0. The van der Waals surface area contributed by atoms with E-state index >= 15 is 0 Å². The largest absolute Gasteiger partial charge is 0.497 e. The Morgan fingerprint density at radius 2 is 1.96 bits per heavy atom. The number of nitrogens with one attached hydrogen (secondary N) is 2. The molecule has 6 nitrogen and oxygen atoms in total. The van der Waals surface area contributed by atoms with E-state index in [1.807, 2.05) is 53.7 Å². The molecule has 1 aliphatic rings. The van der Waals surface area contributed by atoms with Crippen LogP contribution in [0, 0.1) is 0 Å². The van der Waals surface area contributed by atoms with E-state index in [0.29, 0.717) is 6.54 Å². The molecule has 0 bridgehead atoms. The van der Waals surface area contributed by atoms with Crippen molar-refractivity contribution in [3.05, 3.63) is 78.5 Å². The van der Waals surface area contributed by atoms with E-state index in [2.05, 4.69) is 40.2 Å². The molecule has 2 N–H and O–H groups in total. The summed E-state index contributed by atoms with van der Waals surface area (Å²) in [6.07, 6.45) is 1.81. The van der Waals surface area contributed by atoms with E-state index in [4.69, 9.17) is 9.72 Å². The van der Waals surface area contributed by atoms with Crippen molar-refractivity contribution < 1.29 is 4.74 Å². The molecule has 4 aromatic rings. The van der Waals surface area contributed by atoms with Gasteiger partial charge in [-0.2, -0.15) is 0 Å². The van der Waals surface area contributed by atoms with Crippen LogP contribution in [0.5, 0.6) is 5.75 Å². The summed E-state index contributed by atoms with van der Waals surface area (Å²) < 4.78 is 5.34. The van der Waals surface area contributed by atoms with Crippen LogP contribution in [-0.4, -0.2) is 17.1 Å². The normalized spacial score (nSPS) is 12.7. The lowest BCUT2D eigenvalue weighted by Gasteiger charge is -2.17. The zero-order valence-electron chi connectivity index (χ0n) is 15.4. The average Bonchev–Trinajstić information content (AvgIpc) is 3.15. The van der Waals surface area contributed by atoms with Crippen molar-refractivity contribution >= 4 is 22.4 Å². The quantitative estimate of drug-likeness (QED) is 0.563. The number of ether oxygens (including phenoxy) is 1. The number of fused-ring (bicyclic) bond motifs is 2. The van der Waals surface area contributed by atoms with Gasteiger partial charge >= 0.3 is 0 Å². The van der Waals surface area contributed by atoms with E-state index < -0.39 is 0 Å². The highest BCUT2D eigenvalue weighted by atomic mass is 16.5. The van der Waals surface area contributed by atoms with Gasteiger partial charge < -0.3 is 10.2 Å². The number of hydrogen-bond acceptors (Lipinski definition) is 6. The second-order valence-electron chi connectivity index (χ2n) is 6.65. The third-order valence-electron chi connectivity index (χ3n) is 4.83. The lowest BCUT2D eigenvalue weighted by Crippen LogP contribution is -2.35. The number of hydrogen-bond donors (Lipinski definition) is 2. The van der Waals surface area contributed by atoms with Gasteiger partial charge in [-0.05, 0) is 48.0 Å². The van der Waals surface area contributed by atoms with Crippen LogP contribution in [0.3, 0.4) is 0 Å². The summed E-state index contributed by atoms with van der Waals surface area (Å²) in [5, 5.41) is 3.14. The standard InChI is InChI=1S/C22H19N5O/c1-28-18-6-2-4-17(13-18)20-9-10-21-22(24-20)27(26-25-21)14-15-7-8-19-16(12-15)5-3-11-23-19/h2-13,25-26H,14H2,1H3. The van der Waals surface area contributed by atoms with Gasteiger partial charge in [-0.3, -0.25) is 9.99 Å². The zero-order valence-corrected chi connectivity index (χ0v) is 15.4. The zero-order chi connectivity index (χ0) is 18.9. The maximum absolute atomic E-state index is 5.34. The molecular formula is C22H19N5O. The lowest BCUT2D eigenvalue weighted by molar-refractivity contribution is 0.415. The molecule has 3 heterocycles. The van der Waals surface area contributed by atoms with E-state index in [1.165, 1.54) is 5.56 Å². The first-order valence-corrected chi connectivity index (χ1v) is 9.08. The monoisotopic (exact) mass is 369 g/mol. The molecule has 0 saturated heterocycles. The number of nitrogens with zero attached hydrogens (tertiary/aromatic N) is 3. The molecule has 2 aromatic carbocycles. The number of pyridine rings is 2. The minimum absolute atomic E-state index is 0.680. The van der Waals surface area contributed by atoms with E-state index in [-0.39, 0.29) is 0 Å². The summed E-state index contributed by atoms with van der Waals surface area (Å²) in [5.74, 6) is 1.68. The average molecular weight is 369 g/mol. The Hall–Kier alpha value is -3.64. The molecule has 0 atom stereocenters. The molecule has 0 saturated carbocycles. The van der Waals surface area contributed by atoms with Gasteiger partial charge in [0.05, 0.1) is 30.6 Å². The molecule has 2 aromatic heterocycles. The highest BCUT2D eigenvalue weighted by Crippen LogP contribution is 2.32. The van der Waals surface area contributed by atoms with Crippen molar-refractivity contribution in [3.63, 3.8) is 0 Å². The summed E-state index contributed by atoms with van der Waals surface area (Å²) in [6.45, 7) is 0.680. The molecule has 0 aliphatic carbocycles. The van der Waals surface area contributed by atoms with Gasteiger partial charge in [0.25, 0.3) is 0 Å². The summed E-state index contributed by atoms with van der Waals surface area (Å²) in [5.41, 5.74) is 11.4. The minimum atomic E-state index is 0.680. The summed E-state index contributed by atoms with van der Waals surface area (Å²) in [6, 6.07) is 22.3. The lowest BCUT2D eigenvalue weighted by atomic mass is 10.1. The fourth-order valence-corrected chi connectivity index (χ4v) is 3.40. The van der Waals surface area contributed by atoms with E-state index in [1.54, 1.807) is 7.11 Å². The van der Waals surface area contributed by atoms with Gasteiger partial charge in [-0.25, -0.2) is 4.98 Å². The number of aromatic nitrogens is 2. The smallest absolute Gasteiger partial charge is 0.170 e. The Kier molecular flexibility index (Phi) is 4.03. The SMILES string of the molecule is COc1cccc(-c2ccc3c(n2)N(Cc2ccc4ncccc4c2)NN3)c1. The Morgan fingerprint density at radius 3 is 2.89 bits per heavy atom. The number of rotatable bonds is 4. The van der Waals surface area contributed by atoms with Gasteiger partial charge in [0.1, 0.15) is 5.75 Å². The van der Waals surface area contributed by atoms with Gasteiger partial charge in [-0.1, -0.05) is 24.3 Å². The maximum atomic E-state index is 5.34. The van der Waals surface area contributed by atoms with Crippen LogP contribution >= 0.6 is 0 Å². The van der Waals surface area contributed by atoms with Crippen molar-refractivity contribution in [3.8, 4) is 17.0 Å². The van der Waals surface area contributed by atoms with Gasteiger partial charge in [-0.15, -0.1) is 5.53 Å². The fourth-order valence-electron chi connectivity index (χ4n) is 3.40. The second kappa shape index (κ2) is 6.83. The number of methoxy groups -OCH3 is 1. The van der Waals surface area contributed by atoms with Gasteiger partial charge in [0.15, 0.2) is 5.82 Å². The van der Waals surface area contributed by atoms with Crippen LogP contribution in [0.4, 0.5) is 11.5 Å². The Morgan fingerprint density at radius 1 is 1.00 bits per heavy atom. The van der Waals surface area contributed by atoms with E-state index in [9.17, 15) is 0 Å². The third-order valence-corrected chi connectivity index (χ3v) is 4.83. The molecule has 0 fully saturated rings. The third kappa shape index (κ3) is 3.00. The topological polar surface area (TPSA) is 62.3 Å². The van der Waals surface area contributed by atoms with Crippen molar-refractivity contribution in [1.29, 1.82) is 0 Å². The first kappa shape index (κ1) is 16.5. The Labute approximate surface area is 162 Å². The molecule has 1 aliphatic heterocycles. The van der Waals surface area contributed by atoms with Crippen LogP contribution in [-0.2, 0) is 6.54 Å². The Bertz CT molecular complexity index is 1160. The van der Waals surface area contributed by atoms with Gasteiger partial charge in [0, 0.05) is 17.1 Å². The molecule has 5 rings (SSSR count). The van der Waals surface area contributed by atoms with Crippen molar-refractivity contribution in [2.24, 2.45) is 0 Å². The molecule has 0 amide bonds. The van der Waals surface area contributed by atoms with Crippen LogP contribution in [0.15, 0.2) is 72.9 Å². The molecule has 6 heteroatoms. The van der Waals surface area contributed by atoms with Crippen LogP contribution in [0.1, 0.15) is 5.56 Å². The first-order valence-electron chi connectivity index (χ1n) is 9.08. The predicted molar refractivity (Wildman–Crippen MR) is 111 cm³/mol. The molecule has 0 radical (unpaired) electrons. The second-order valence-corrected chi connectivity index (χ2v) is 6.65. The van der Waals surface area contributed by atoms with Crippen molar-refractivity contribution in [2.45, 2.75) is 6.54 Å². The molecule has 28 heavy (non-hydrogen) atoms. The fraction of sp³-hybridized carbons (Fsp3) is 0.0909. The number of benzene rings is 2. The van der Waals surface area contributed by atoms with Crippen LogP contribution in [0.25, 0.3) is 22.2 Å². The maximum Gasteiger partial charge on any atom is 0.170 e. The number of hydrazine groups is 2. The summed E-state index contributed by atoms with van der Waals surface area (Å²) in [7, 11) is 1.67. The van der Waals surface area contributed by atoms with Gasteiger partial charge in [0.2, 0.25) is 0 Å². The Balaban J connectivity index is 1.46. The molecular weight excluding hydrogens is 350 g/mol. The highest BCUT2D eigenvalue weighted by molar-refractivity contribution is 5.79. The molecule has 138 valence electrons. The van der Waals surface area contributed by atoms with Crippen molar-refractivity contribution in [1.82, 2.24) is 15.5 Å². The molecule has 0 unspecified atom stereocenters. The first-order chi connectivity index (χ1) is 13.8. The summed E-state index contributed by atoms with van der Waals surface area (Å²) in [4.78, 5) is 9.26. The number of anilines is 2. The van der Waals surface area contributed by atoms with E-state index in [0.717, 1.165) is 39.4 Å². The van der Waals surface area contributed by atoms with Crippen LogP contribution < -0.4 is 20.7 Å². The highest BCUT2D eigenvalue weighted by Gasteiger charge is 2.21.